The molecule has 0 saturated carbocycles. The van der Waals surface area contributed by atoms with Crippen molar-refractivity contribution in [2.24, 2.45) is 0 Å². The molecule has 0 aliphatic heterocycles. The van der Waals surface area contributed by atoms with Crippen molar-refractivity contribution in [2.45, 2.75) is 10.8 Å². The van der Waals surface area contributed by atoms with Crippen LogP contribution >= 0.6 is 15.9 Å². The van der Waals surface area contributed by atoms with Crippen molar-refractivity contribution in [3.63, 3.8) is 0 Å². The molecule has 0 aliphatic carbocycles. The number of anilines is 1. The Morgan fingerprint density at radius 3 is 2.56 bits per heavy atom. The lowest BCUT2D eigenvalue weighted by Crippen LogP contribution is -2.38. The molecule has 0 spiro atoms. The highest BCUT2D eigenvalue weighted by Gasteiger charge is 2.30. The van der Waals surface area contributed by atoms with E-state index in [-0.39, 0.29) is 10.6 Å². The lowest BCUT2D eigenvalue weighted by atomic mass is 10.3. The monoisotopic (exact) mass is 344 g/mol. The Labute approximate surface area is 111 Å². The molecule has 1 aromatic rings. The molecule has 0 saturated heterocycles. The van der Waals surface area contributed by atoms with Crippen molar-refractivity contribution < 1.29 is 22.3 Å². The number of aliphatic hydroxyl groups excluding tert-OH is 1. The van der Waals surface area contributed by atoms with E-state index in [0.29, 0.717) is 4.47 Å². The zero-order valence-corrected chi connectivity index (χ0v) is 11.4. The Balaban J connectivity index is 2.90. The topological polar surface area (TPSA) is 92.4 Å². The van der Waals surface area contributed by atoms with Crippen molar-refractivity contribution in [3.8, 4) is 0 Å². The fourth-order valence-electron chi connectivity index (χ4n) is 1.03. The van der Waals surface area contributed by atoms with Gasteiger partial charge in [-0.25, -0.2) is 21.9 Å². The van der Waals surface area contributed by atoms with Gasteiger partial charge >= 0.3 is 0 Å². The second kappa shape index (κ2) is 5.47. The van der Waals surface area contributed by atoms with Gasteiger partial charge < -0.3 is 10.8 Å². The van der Waals surface area contributed by atoms with Crippen molar-refractivity contribution in [3.05, 3.63) is 22.7 Å². The Kier molecular flexibility index (Phi) is 4.65. The first-order chi connectivity index (χ1) is 8.18. The van der Waals surface area contributed by atoms with Crippen molar-refractivity contribution >= 4 is 31.6 Å². The highest BCUT2D eigenvalue weighted by Crippen LogP contribution is 2.23. The molecule has 0 bridgehead atoms. The first kappa shape index (κ1) is 15.3. The largest absolute Gasteiger partial charge is 0.398 e. The third-order valence-corrected chi connectivity index (χ3v) is 4.15. The number of aliphatic hydroxyl groups is 1. The minimum atomic E-state index is -4.08. The lowest BCUT2D eigenvalue weighted by molar-refractivity contribution is -0.0437. The van der Waals surface area contributed by atoms with E-state index in [0.717, 1.165) is 6.07 Å². The summed E-state index contributed by atoms with van der Waals surface area (Å²) >= 11 is 3.08. The standard InChI is InChI=1S/C9H11BrF2N2O3S/c10-7-2-1-6(3-8(7)13)18(16,17)14-4-9(11,12)5-15/h1-3,14-15H,4-5,13H2. The molecule has 1 aromatic carbocycles. The number of rotatable bonds is 5. The van der Waals surface area contributed by atoms with E-state index in [1.165, 1.54) is 12.1 Å². The number of hydrogen-bond acceptors (Lipinski definition) is 4. The molecule has 0 aliphatic rings. The fraction of sp³-hybridized carbons (Fsp3) is 0.333. The summed E-state index contributed by atoms with van der Waals surface area (Å²) in [6.45, 7) is -2.61. The molecule has 5 nitrogen and oxygen atoms in total. The van der Waals surface area contributed by atoms with Crippen LogP contribution in [0.2, 0.25) is 0 Å². The lowest BCUT2D eigenvalue weighted by Gasteiger charge is -2.14. The van der Waals surface area contributed by atoms with Crippen LogP contribution in [0.4, 0.5) is 14.5 Å². The van der Waals surface area contributed by atoms with Gasteiger partial charge in [0.2, 0.25) is 10.0 Å². The second-order valence-corrected chi connectivity index (χ2v) is 6.14. The van der Waals surface area contributed by atoms with E-state index in [9.17, 15) is 17.2 Å². The number of nitrogens with two attached hydrogens (primary N) is 1. The predicted octanol–water partition coefficient (Wildman–Crippen LogP) is 0.937. The van der Waals surface area contributed by atoms with E-state index in [2.05, 4.69) is 15.9 Å². The van der Waals surface area contributed by atoms with Crippen LogP contribution < -0.4 is 10.5 Å². The fourth-order valence-corrected chi connectivity index (χ4v) is 2.37. The van der Waals surface area contributed by atoms with Gasteiger partial charge in [-0.15, -0.1) is 0 Å². The molecule has 0 unspecified atom stereocenters. The van der Waals surface area contributed by atoms with Gasteiger partial charge in [0.05, 0.1) is 11.4 Å². The number of sulfonamides is 1. The van der Waals surface area contributed by atoms with E-state index < -0.39 is 29.1 Å². The van der Waals surface area contributed by atoms with Gasteiger partial charge in [-0.05, 0) is 34.1 Å². The highest BCUT2D eigenvalue weighted by atomic mass is 79.9. The molecule has 102 valence electrons. The number of nitrogen functional groups attached to an aromatic ring is 1. The third kappa shape index (κ3) is 3.87. The van der Waals surface area contributed by atoms with Gasteiger partial charge in [0.1, 0.15) is 6.61 Å². The molecule has 0 fully saturated rings. The summed E-state index contributed by atoms with van der Waals surface area (Å²) in [5.74, 6) is -3.51. The summed E-state index contributed by atoms with van der Waals surface area (Å²) in [4.78, 5) is -0.225. The number of alkyl halides is 2. The Bertz CT molecular complexity index is 537. The molecule has 0 radical (unpaired) electrons. The van der Waals surface area contributed by atoms with Crippen molar-refractivity contribution in [1.82, 2.24) is 4.72 Å². The van der Waals surface area contributed by atoms with Gasteiger partial charge in [0.25, 0.3) is 5.92 Å². The van der Waals surface area contributed by atoms with Crippen LogP contribution in [-0.2, 0) is 10.0 Å². The maximum absolute atomic E-state index is 12.7. The van der Waals surface area contributed by atoms with Crippen LogP contribution in [0.1, 0.15) is 0 Å². The SMILES string of the molecule is Nc1cc(S(=O)(=O)NCC(F)(F)CO)ccc1Br. The van der Waals surface area contributed by atoms with Crippen LogP contribution in [0.15, 0.2) is 27.6 Å². The maximum atomic E-state index is 12.7. The molecule has 0 aromatic heterocycles. The van der Waals surface area contributed by atoms with Gasteiger partial charge in [0, 0.05) is 10.2 Å². The van der Waals surface area contributed by atoms with Crippen LogP contribution in [0.3, 0.4) is 0 Å². The summed E-state index contributed by atoms with van der Waals surface area (Å²) in [5, 5.41) is 8.33. The van der Waals surface area contributed by atoms with Gasteiger partial charge in [-0.3, -0.25) is 0 Å². The molecule has 1 rings (SSSR count). The molecule has 0 amide bonds. The third-order valence-electron chi connectivity index (χ3n) is 2.03. The minimum Gasteiger partial charge on any atom is -0.398 e. The van der Waals surface area contributed by atoms with E-state index >= 15 is 0 Å². The summed E-state index contributed by atoms with van der Waals surface area (Å²) in [6.07, 6.45) is 0. The average Bonchev–Trinajstić information content (AvgIpc) is 2.30. The van der Waals surface area contributed by atoms with E-state index in [1.807, 2.05) is 0 Å². The zero-order valence-electron chi connectivity index (χ0n) is 9.03. The minimum absolute atomic E-state index is 0.173. The molecule has 0 heterocycles. The van der Waals surface area contributed by atoms with Crippen LogP contribution in [0.25, 0.3) is 0 Å². The molecular weight excluding hydrogens is 334 g/mol. The van der Waals surface area contributed by atoms with E-state index in [4.69, 9.17) is 10.8 Å². The van der Waals surface area contributed by atoms with Gasteiger partial charge in [-0.2, -0.15) is 0 Å². The summed E-state index contributed by atoms with van der Waals surface area (Å²) in [5.41, 5.74) is 5.67. The summed E-state index contributed by atoms with van der Waals surface area (Å²) in [7, 11) is -4.08. The van der Waals surface area contributed by atoms with Crippen molar-refractivity contribution in [2.75, 3.05) is 18.9 Å². The molecule has 4 N–H and O–H groups in total. The average molecular weight is 345 g/mol. The van der Waals surface area contributed by atoms with Gasteiger partial charge in [-0.1, -0.05) is 0 Å². The Morgan fingerprint density at radius 1 is 1.44 bits per heavy atom. The number of benzene rings is 1. The molecule has 0 atom stereocenters. The van der Waals surface area contributed by atoms with Crippen LogP contribution in [0, 0.1) is 0 Å². The number of halogens is 3. The Morgan fingerprint density at radius 2 is 2.06 bits per heavy atom. The zero-order chi connectivity index (χ0) is 14.0. The van der Waals surface area contributed by atoms with Crippen LogP contribution in [0.5, 0.6) is 0 Å². The summed E-state index contributed by atoms with van der Waals surface area (Å²) < 4.78 is 51.0. The van der Waals surface area contributed by atoms with Gasteiger partial charge in [0.15, 0.2) is 0 Å². The molecular formula is C9H11BrF2N2O3S. The first-order valence-corrected chi connectivity index (χ1v) is 6.99. The highest BCUT2D eigenvalue weighted by molar-refractivity contribution is 9.10. The summed E-state index contributed by atoms with van der Waals surface area (Å²) in [6, 6.07) is 3.76. The number of nitrogens with one attached hydrogen (secondary N) is 1. The van der Waals surface area contributed by atoms with Crippen LogP contribution in [-0.4, -0.2) is 32.6 Å². The Hall–Kier alpha value is -0.770. The second-order valence-electron chi connectivity index (χ2n) is 3.52. The number of hydrogen-bond donors (Lipinski definition) is 3. The van der Waals surface area contributed by atoms with Crippen molar-refractivity contribution in [1.29, 1.82) is 0 Å². The smallest absolute Gasteiger partial charge is 0.283 e. The van der Waals surface area contributed by atoms with E-state index in [1.54, 1.807) is 4.72 Å². The quantitative estimate of drug-likeness (QED) is 0.693. The normalized spacial score (nSPS) is 12.7. The molecule has 9 heteroatoms. The molecule has 18 heavy (non-hydrogen) atoms. The maximum Gasteiger partial charge on any atom is 0.283 e. The predicted molar refractivity (Wildman–Crippen MR) is 65.8 cm³/mol. The first-order valence-electron chi connectivity index (χ1n) is 4.71.